The van der Waals surface area contributed by atoms with Crippen molar-refractivity contribution in [3.05, 3.63) is 16.8 Å². The van der Waals surface area contributed by atoms with Gasteiger partial charge in [-0.1, -0.05) is 22.9 Å². The molecule has 96 valence electrons. The van der Waals surface area contributed by atoms with Crippen LogP contribution in [-0.4, -0.2) is 21.1 Å². The zero-order valence-corrected chi connectivity index (χ0v) is 13.5. The van der Waals surface area contributed by atoms with E-state index in [1.54, 1.807) is 11.2 Å². The molecular formula is C13H15BrN2S2. The Balaban J connectivity index is 2.09. The fourth-order valence-electron chi connectivity index (χ4n) is 2.49. The standard InChI is InChI=1S/C13H15BrN2S2/c1-8-2-3-9-10(6-8)18-13-11(9)12(15-7-16-13)17-5-4-14/h7-8H,2-6H2,1H3. The number of aromatic nitrogens is 2. The van der Waals surface area contributed by atoms with Gasteiger partial charge in [0, 0.05) is 21.3 Å². The van der Waals surface area contributed by atoms with Crippen LogP contribution in [0.25, 0.3) is 10.2 Å². The van der Waals surface area contributed by atoms with E-state index in [4.69, 9.17) is 0 Å². The second-order valence-corrected chi connectivity index (χ2v) is 7.71. The van der Waals surface area contributed by atoms with Gasteiger partial charge in [0.2, 0.25) is 0 Å². The minimum Gasteiger partial charge on any atom is -0.229 e. The van der Waals surface area contributed by atoms with E-state index in [0.717, 1.165) is 17.0 Å². The van der Waals surface area contributed by atoms with Crippen LogP contribution in [0.1, 0.15) is 23.8 Å². The van der Waals surface area contributed by atoms with Crippen molar-refractivity contribution in [2.75, 3.05) is 11.1 Å². The highest BCUT2D eigenvalue weighted by Crippen LogP contribution is 2.40. The van der Waals surface area contributed by atoms with E-state index >= 15 is 0 Å². The molecule has 2 aromatic heterocycles. The van der Waals surface area contributed by atoms with E-state index in [1.165, 1.54) is 40.1 Å². The number of alkyl halides is 1. The van der Waals surface area contributed by atoms with E-state index in [9.17, 15) is 0 Å². The third kappa shape index (κ3) is 2.32. The maximum Gasteiger partial charge on any atom is 0.128 e. The van der Waals surface area contributed by atoms with Crippen molar-refractivity contribution >= 4 is 49.2 Å². The van der Waals surface area contributed by atoms with Crippen molar-refractivity contribution in [1.82, 2.24) is 9.97 Å². The summed E-state index contributed by atoms with van der Waals surface area (Å²) < 4.78 is 0. The average Bonchev–Trinajstić information content (AvgIpc) is 2.73. The van der Waals surface area contributed by atoms with E-state index in [-0.39, 0.29) is 0 Å². The lowest BCUT2D eigenvalue weighted by molar-refractivity contribution is 0.509. The van der Waals surface area contributed by atoms with Crippen LogP contribution >= 0.6 is 39.0 Å². The molecule has 1 aliphatic rings. The molecule has 0 bridgehead atoms. The van der Waals surface area contributed by atoms with Gasteiger partial charge in [0.1, 0.15) is 16.2 Å². The number of rotatable bonds is 3. The van der Waals surface area contributed by atoms with Gasteiger partial charge in [0.25, 0.3) is 0 Å². The highest BCUT2D eigenvalue weighted by molar-refractivity contribution is 9.09. The SMILES string of the molecule is CC1CCc2c(sc3ncnc(SCCBr)c23)C1. The number of aryl methyl sites for hydroxylation is 1. The Labute approximate surface area is 124 Å². The van der Waals surface area contributed by atoms with Crippen LogP contribution in [-0.2, 0) is 12.8 Å². The molecular weight excluding hydrogens is 328 g/mol. The Morgan fingerprint density at radius 1 is 1.50 bits per heavy atom. The van der Waals surface area contributed by atoms with Crippen LogP contribution in [0.2, 0.25) is 0 Å². The second-order valence-electron chi connectivity index (χ2n) is 4.75. The molecule has 1 aliphatic carbocycles. The van der Waals surface area contributed by atoms with Crippen molar-refractivity contribution in [1.29, 1.82) is 0 Å². The van der Waals surface area contributed by atoms with Gasteiger partial charge >= 0.3 is 0 Å². The predicted molar refractivity (Wildman–Crippen MR) is 83.1 cm³/mol. The maximum absolute atomic E-state index is 4.48. The summed E-state index contributed by atoms with van der Waals surface area (Å²) in [5.41, 5.74) is 1.53. The van der Waals surface area contributed by atoms with Crippen LogP contribution < -0.4 is 0 Å². The van der Waals surface area contributed by atoms with Crippen LogP contribution in [0.15, 0.2) is 11.4 Å². The molecule has 0 fully saturated rings. The van der Waals surface area contributed by atoms with E-state index < -0.39 is 0 Å². The largest absolute Gasteiger partial charge is 0.229 e. The average molecular weight is 343 g/mol. The first-order chi connectivity index (χ1) is 8.79. The molecule has 2 nitrogen and oxygen atoms in total. The molecule has 0 saturated carbocycles. The molecule has 0 aromatic carbocycles. The molecule has 0 aliphatic heterocycles. The summed E-state index contributed by atoms with van der Waals surface area (Å²) in [6.07, 6.45) is 5.44. The number of thiophene rings is 1. The number of thioether (sulfide) groups is 1. The molecule has 0 spiro atoms. The number of hydrogen-bond donors (Lipinski definition) is 0. The Morgan fingerprint density at radius 3 is 3.22 bits per heavy atom. The summed E-state index contributed by atoms with van der Waals surface area (Å²) in [4.78, 5) is 11.7. The third-order valence-electron chi connectivity index (χ3n) is 3.37. The van der Waals surface area contributed by atoms with Gasteiger partial charge in [-0.05, 0) is 30.7 Å². The summed E-state index contributed by atoms with van der Waals surface area (Å²) >= 11 is 7.19. The summed E-state index contributed by atoms with van der Waals surface area (Å²) in [7, 11) is 0. The van der Waals surface area contributed by atoms with Crippen molar-refractivity contribution in [2.24, 2.45) is 5.92 Å². The van der Waals surface area contributed by atoms with Crippen LogP contribution in [0.5, 0.6) is 0 Å². The lowest BCUT2D eigenvalue weighted by Gasteiger charge is -2.18. The maximum atomic E-state index is 4.48. The second kappa shape index (κ2) is 5.47. The van der Waals surface area contributed by atoms with Gasteiger partial charge < -0.3 is 0 Å². The summed E-state index contributed by atoms with van der Waals surface area (Å²) in [5, 5.41) is 3.52. The minimum atomic E-state index is 0.817. The first-order valence-corrected chi connectivity index (χ1v) is 9.16. The van der Waals surface area contributed by atoms with E-state index in [2.05, 4.69) is 32.8 Å². The highest BCUT2D eigenvalue weighted by Gasteiger charge is 2.22. The summed E-state index contributed by atoms with van der Waals surface area (Å²) in [6, 6.07) is 0. The monoisotopic (exact) mass is 342 g/mol. The zero-order chi connectivity index (χ0) is 12.5. The molecule has 0 saturated heterocycles. The van der Waals surface area contributed by atoms with Gasteiger partial charge in [-0.2, -0.15) is 0 Å². The van der Waals surface area contributed by atoms with E-state index in [1.807, 2.05) is 23.1 Å². The molecule has 0 radical (unpaired) electrons. The first kappa shape index (κ1) is 12.9. The highest BCUT2D eigenvalue weighted by atomic mass is 79.9. The topological polar surface area (TPSA) is 25.8 Å². The normalized spacial score (nSPS) is 19.1. The molecule has 1 atom stereocenters. The number of hydrogen-bond acceptors (Lipinski definition) is 4. The van der Waals surface area contributed by atoms with Crippen LogP contribution in [0.3, 0.4) is 0 Å². The third-order valence-corrected chi connectivity index (χ3v) is 6.45. The molecule has 0 amide bonds. The summed E-state index contributed by atoms with van der Waals surface area (Å²) in [5.74, 6) is 1.88. The number of fused-ring (bicyclic) bond motifs is 3. The first-order valence-electron chi connectivity index (χ1n) is 6.23. The Morgan fingerprint density at radius 2 is 2.39 bits per heavy atom. The molecule has 18 heavy (non-hydrogen) atoms. The van der Waals surface area contributed by atoms with Crippen molar-refractivity contribution in [3.63, 3.8) is 0 Å². The lowest BCUT2D eigenvalue weighted by Crippen LogP contribution is -2.08. The molecule has 3 rings (SSSR count). The Hall–Kier alpha value is -0.130. The van der Waals surface area contributed by atoms with Gasteiger partial charge in [-0.25, -0.2) is 9.97 Å². The Bertz CT molecular complexity index is 567. The Kier molecular flexibility index (Phi) is 3.91. The van der Waals surface area contributed by atoms with Gasteiger partial charge in [-0.3, -0.25) is 0 Å². The molecule has 2 aromatic rings. The van der Waals surface area contributed by atoms with Crippen molar-refractivity contribution in [2.45, 2.75) is 31.2 Å². The smallest absolute Gasteiger partial charge is 0.128 e. The number of halogens is 1. The molecule has 5 heteroatoms. The number of nitrogens with zero attached hydrogens (tertiary/aromatic N) is 2. The van der Waals surface area contributed by atoms with Crippen LogP contribution in [0, 0.1) is 5.92 Å². The zero-order valence-electron chi connectivity index (χ0n) is 10.3. The fourth-order valence-corrected chi connectivity index (χ4v) is 5.15. The molecule has 0 N–H and O–H groups in total. The van der Waals surface area contributed by atoms with Crippen molar-refractivity contribution in [3.8, 4) is 0 Å². The summed E-state index contributed by atoms with van der Waals surface area (Å²) in [6.45, 7) is 2.35. The van der Waals surface area contributed by atoms with Crippen molar-refractivity contribution < 1.29 is 0 Å². The quantitative estimate of drug-likeness (QED) is 0.472. The fraction of sp³-hybridized carbons (Fsp3) is 0.538. The van der Waals surface area contributed by atoms with Gasteiger partial charge in [0.05, 0.1) is 0 Å². The van der Waals surface area contributed by atoms with Gasteiger partial charge in [-0.15, -0.1) is 23.1 Å². The lowest BCUT2D eigenvalue weighted by atomic mass is 9.89. The predicted octanol–water partition coefficient (Wildman–Crippen LogP) is 4.30. The van der Waals surface area contributed by atoms with Gasteiger partial charge in [0.15, 0.2) is 0 Å². The molecule has 1 unspecified atom stereocenters. The van der Waals surface area contributed by atoms with E-state index in [0.29, 0.717) is 0 Å². The minimum absolute atomic E-state index is 0.817. The van der Waals surface area contributed by atoms with Crippen LogP contribution in [0.4, 0.5) is 0 Å². The molecule has 2 heterocycles.